The van der Waals surface area contributed by atoms with Crippen molar-refractivity contribution in [3.05, 3.63) is 35.9 Å². The Morgan fingerprint density at radius 2 is 1.92 bits per heavy atom. The highest BCUT2D eigenvalue weighted by atomic mass is 16.7. The number of rotatable bonds is 6. The number of fused-ring (bicyclic) bond motifs is 5. The van der Waals surface area contributed by atoms with Gasteiger partial charge in [0.15, 0.2) is 6.29 Å². The van der Waals surface area contributed by atoms with Crippen LogP contribution < -0.4 is 0 Å². The molecular weight excluding hydrogens is 300 g/mol. The zero-order chi connectivity index (χ0) is 16.8. The van der Waals surface area contributed by atoms with Gasteiger partial charge in [-0.05, 0) is 41.1 Å². The fourth-order valence-corrected chi connectivity index (χ4v) is 5.59. The Morgan fingerprint density at radius 1 is 1.12 bits per heavy atom. The third-order valence-electron chi connectivity index (χ3n) is 7.31. The Kier molecular flexibility index (Phi) is 4.22. The highest BCUT2D eigenvalue weighted by Gasteiger charge is 2.69. The summed E-state index contributed by atoms with van der Waals surface area (Å²) in [6.07, 6.45) is 4.09. The van der Waals surface area contributed by atoms with Crippen LogP contribution in [0, 0.1) is 22.7 Å². The van der Waals surface area contributed by atoms with E-state index in [4.69, 9.17) is 14.2 Å². The Morgan fingerprint density at radius 3 is 2.67 bits per heavy atom. The van der Waals surface area contributed by atoms with E-state index in [1.54, 1.807) is 0 Å². The molecule has 1 saturated heterocycles. The molecule has 3 aliphatic rings. The molecule has 24 heavy (non-hydrogen) atoms. The highest BCUT2D eigenvalue weighted by Crippen LogP contribution is 2.71. The number of hydrogen-bond acceptors (Lipinski definition) is 3. The average molecular weight is 330 g/mol. The van der Waals surface area contributed by atoms with Crippen LogP contribution in [0.4, 0.5) is 0 Å². The van der Waals surface area contributed by atoms with Crippen LogP contribution >= 0.6 is 0 Å². The molecule has 1 aromatic rings. The van der Waals surface area contributed by atoms with Crippen molar-refractivity contribution in [1.29, 1.82) is 0 Å². The van der Waals surface area contributed by atoms with Crippen molar-refractivity contribution < 1.29 is 14.2 Å². The minimum Gasteiger partial charge on any atom is -0.374 e. The lowest BCUT2D eigenvalue weighted by molar-refractivity contribution is -0.170. The summed E-state index contributed by atoms with van der Waals surface area (Å²) in [5, 5.41) is 0. The fraction of sp³-hybridized carbons (Fsp3) is 0.714. The highest BCUT2D eigenvalue weighted by molar-refractivity contribution is 5.16. The standard InChI is InChI=1S/C21H30O3/c1-20(2)17-9-10-21(20,3)19-16(17)13-18(24-19)23-12-11-22-14-15-7-5-4-6-8-15/h4-8,16-19H,9-14H2,1-3H3. The van der Waals surface area contributed by atoms with Crippen molar-refractivity contribution in [2.24, 2.45) is 22.7 Å². The van der Waals surface area contributed by atoms with Crippen LogP contribution in [0.25, 0.3) is 0 Å². The molecule has 0 radical (unpaired) electrons. The minimum absolute atomic E-state index is 0.0312. The second kappa shape index (κ2) is 6.12. The van der Waals surface area contributed by atoms with E-state index in [0.29, 0.717) is 42.7 Å². The monoisotopic (exact) mass is 330 g/mol. The van der Waals surface area contributed by atoms with Crippen LogP contribution in [0.15, 0.2) is 30.3 Å². The molecule has 2 bridgehead atoms. The van der Waals surface area contributed by atoms with E-state index in [-0.39, 0.29) is 6.29 Å². The summed E-state index contributed by atoms with van der Waals surface area (Å²) in [6, 6.07) is 10.3. The zero-order valence-electron chi connectivity index (χ0n) is 15.2. The summed E-state index contributed by atoms with van der Waals surface area (Å²) in [7, 11) is 0. The Bertz CT molecular complexity index is 570. The van der Waals surface area contributed by atoms with Gasteiger partial charge in [0.1, 0.15) is 0 Å². The lowest BCUT2D eigenvalue weighted by Crippen LogP contribution is -2.38. The summed E-state index contributed by atoms with van der Waals surface area (Å²) in [6.45, 7) is 9.20. The van der Waals surface area contributed by atoms with Crippen LogP contribution in [0.2, 0.25) is 0 Å². The first-order valence-electron chi connectivity index (χ1n) is 9.41. The molecule has 3 heteroatoms. The summed E-state index contributed by atoms with van der Waals surface area (Å²) < 4.78 is 18.0. The molecule has 3 nitrogen and oxygen atoms in total. The topological polar surface area (TPSA) is 27.7 Å². The number of hydrogen-bond donors (Lipinski definition) is 0. The molecule has 0 amide bonds. The van der Waals surface area contributed by atoms with Crippen molar-refractivity contribution in [2.45, 2.75) is 59.0 Å². The molecule has 0 aromatic heterocycles. The lowest BCUT2D eigenvalue weighted by Gasteiger charge is -2.38. The first kappa shape index (κ1) is 16.6. The minimum atomic E-state index is -0.0312. The first-order chi connectivity index (χ1) is 11.5. The van der Waals surface area contributed by atoms with Gasteiger partial charge in [-0.25, -0.2) is 0 Å². The van der Waals surface area contributed by atoms with Gasteiger partial charge in [-0.15, -0.1) is 0 Å². The smallest absolute Gasteiger partial charge is 0.158 e. The molecule has 4 rings (SSSR count). The average Bonchev–Trinajstić information content (AvgIpc) is 3.13. The quantitative estimate of drug-likeness (QED) is 0.723. The van der Waals surface area contributed by atoms with Crippen molar-refractivity contribution >= 4 is 0 Å². The molecule has 2 saturated carbocycles. The molecule has 3 fully saturated rings. The van der Waals surface area contributed by atoms with Crippen molar-refractivity contribution in [3.8, 4) is 0 Å². The largest absolute Gasteiger partial charge is 0.374 e. The van der Waals surface area contributed by atoms with Crippen LogP contribution in [-0.2, 0) is 20.8 Å². The van der Waals surface area contributed by atoms with Gasteiger partial charge in [-0.3, -0.25) is 0 Å². The van der Waals surface area contributed by atoms with Crippen molar-refractivity contribution in [1.82, 2.24) is 0 Å². The van der Waals surface area contributed by atoms with Gasteiger partial charge in [-0.1, -0.05) is 51.1 Å². The Labute approximate surface area is 145 Å². The van der Waals surface area contributed by atoms with E-state index >= 15 is 0 Å². The lowest BCUT2D eigenvalue weighted by atomic mass is 9.70. The molecule has 2 aliphatic carbocycles. The molecule has 1 aromatic carbocycles. The number of ether oxygens (including phenoxy) is 3. The zero-order valence-corrected chi connectivity index (χ0v) is 15.2. The molecular formula is C21H30O3. The third-order valence-corrected chi connectivity index (χ3v) is 7.31. The fourth-order valence-electron chi connectivity index (χ4n) is 5.59. The van der Waals surface area contributed by atoms with Gasteiger partial charge < -0.3 is 14.2 Å². The molecule has 1 aliphatic heterocycles. The Hall–Kier alpha value is -0.900. The van der Waals surface area contributed by atoms with Gasteiger partial charge in [0, 0.05) is 6.42 Å². The van der Waals surface area contributed by atoms with Gasteiger partial charge in [0.25, 0.3) is 0 Å². The Balaban J connectivity index is 1.22. The van der Waals surface area contributed by atoms with Crippen molar-refractivity contribution in [2.75, 3.05) is 13.2 Å². The first-order valence-corrected chi connectivity index (χ1v) is 9.41. The maximum absolute atomic E-state index is 6.34. The molecule has 132 valence electrons. The second-order valence-corrected chi connectivity index (χ2v) is 8.58. The van der Waals surface area contributed by atoms with E-state index in [2.05, 4.69) is 32.9 Å². The van der Waals surface area contributed by atoms with Crippen LogP contribution in [0.1, 0.15) is 45.6 Å². The molecule has 1 heterocycles. The number of benzene rings is 1. The van der Waals surface area contributed by atoms with Crippen molar-refractivity contribution in [3.63, 3.8) is 0 Å². The predicted molar refractivity (Wildman–Crippen MR) is 93.4 cm³/mol. The van der Waals surface area contributed by atoms with Crippen LogP contribution in [-0.4, -0.2) is 25.6 Å². The molecule has 0 N–H and O–H groups in total. The molecule has 5 atom stereocenters. The van der Waals surface area contributed by atoms with E-state index in [0.717, 1.165) is 12.3 Å². The van der Waals surface area contributed by atoms with Gasteiger partial charge >= 0.3 is 0 Å². The van der Waals surface area contributed by atoms with Gasteiger partial charge in [-0.2, -0.15) is 0 Å². The normalized spacial score (nSPS) is 39.3. The summed E-state index contributed by atoms with van der Waals surface area (Å²) in [5.41, 5.74) is 1.94. The van der Waals surface area contributed by atoms with E-state index in [1.165, 1.54) is 18.4 Å². The van der Waals surface area contributed by atoms with E-state index in [9.17, 15) is 0 Å². The summed E-state index contributed by atoms with van der Waals surface area (Å²) in [4.78, 5) is 0. The van der Waals surface area contributed by atoms with E-state index in [1.807, 2.05) is 18.2 Å². The van der Waals surface area contributed by atoms with Crippen LogP contribution in [0.5, 0.6) is 0 Å². The maximum Gasteiger partial charge on any atom is 0.158 e. The SMILES string of the molecule is CC1(C)C2CCC1(C)C1OC(OCCOCc3ccccc3)CC21. The molecule has 5 unspecified atom stereocenters. The van der Waals surface area contributed by atoms with Gasteiger partial charge in [0.05, 0.1) is 25.9 Å². The second-order valence-electron chi connectivity index (χ2n) is 8.58. The summed E-state index contributed by atoms with van der Waals surface area (Å²) >= 11 is 0. The maximum atomic E-state index is 6.34. The van der Waals surface area contributed by atoms with Gasteiger partial charge in [0.2, 0.25) is 0 Å². The van der Waals surface area contributed by atoms with E-state index < -0.39 is 0 Å². The van der Waals surface area contributed by atoms with Crippen LogP contribution in [0.3, 0.4) is 0 Å². The predicted octanol–water partition coefficient (Wildman–Crippen LogP) is 4.41. The third kappa shape index (κ3) is 2.53. The molecule has 0 spiro atoms. The summed E-state index contributed by atoms with van der Waals surface area (Å²) in [5.74, 6) is 1.49.